The molecule has 0 aliphatic rings. The Kier molecular flexibility index (Phi) is 5.51. The Morgan fingerprint density at radius 2 is 2.12 bits per heavy atom. The number of carbonyl (C=O) groups is 1. The molecule has 1 aromatic carbocycles. The van der Waals surface area contributed by atoms with Gasteiger partial charge in [0, 0.05) is 18.1 Å². The van der Waals surface area contributed by atoms with Crippen molar-refractivity contribution >= 4 is 34.2 Å². The molecule has 0 aliphatic carbocycles. The topological polar surface area (TPSA) is 71.5 Å². The quantitative estimate of drug-likeness (QED) is 0.797. The number of benzene rings is 1. The second-order valence-corrected chi connectivity index (χ2v) is 5.17. The van der Waals surface area contributed by atoms with E-state index >= 15 is 0 Å². The van der Waals surface area contributed by atoms with Crippen molar-refractivity contribution in [2.24, 2.45) is 0 Å². The molecule has 0 bridgehead atoms. The monoisotopic (exact) mass is 362 g/mol. The predicted octanol–water partition coefficient (Wildman–Crippen LogP) is 3.49. The third-order valence-electron chi connectivity index (χ3n) is 3.17. The molecular weight excluding hydrogens is 349 g/mol. The normalized spacial score (nSPS) is 11.6. The number of fused-ring (bicyclic) bond motifs is 1. The molecule has 2 N–H and O–H groups in total. The van der Waals surface area contributed by atoms with Crippen LogP contribution >= 0.6 is 11.6 Å². The molecule has 0 amide bonds. The van der Waals surface area contributed by atoms with E-state index in [1.165, 1.54) is 0 Å². The first-order valence-corrected chi connectivity index (χ1v) is 7.38. The van der Waals surface area contributed by atoms with E-state index in [-0.39, 0.29) is 41.9 Å². The molecular formula is C15H14ClF3N2O3. The molecule has 130 valence electrons. The summed E-state index contributed by atoms with van der Waals surface area (Å²) < 4.78 is 43.8. The number of aliphatic hydroxyl groups excluding tert-OH is 1. The van der Waals surface area contributed by atoms with Gasteiger partial charge in [-0.1, -0.05) is 11.6 Å². The molecule has 1 heterocycles. The summed E-state index contributed by atoms with van der Waals surface area (Å²) >= 11 is 5.75. The number of carbonyl (C=O) groups excluding carboxylic acids is 1. The van der Waals surface area contributed by atoms with Crippen LogP contribution in [-0.4, -0.2) is 35.8 Å². The van der Waals surface area contributed by atoms with Gasteiger partial charge in [0.1, 0.15) is 5.56 Å². The number of anilines is 1. The van der Waals surface area contributed by atoms with E-state index in [1.54, 1.807) is 6.92 Å². The maximum absolute atomic E-state index is 13.0. The van der Waals surface area contributed by atoms with Gasteiger partial charge in [0.25, 0.3) is 0 Å². The van der Waals surface area contributed by atoms with E-state index in [2.05, 4.69) is 10.3 Å². The SMILES string of the molecule is CCOC(=O)c1cnc2cc(C(F)(F)F)c(Cl)cc2c1NCCO. The van der Waals surface area contributed by atoms with Crippen molar-refractivity contribution in [2.75, 3.05) is 25.1 Å². The number of rotatable bonds is 5. The first-order chi connectivity index (χ1) is 11.3. The van der Waals surface area contributed by atoms with E-state index in [1.807, 2.05) is 0 Å². The molecule has 2 rings (SSSR count). The Labute approximate surface area is 140 Å². The van der Waals surface area contributed by atoms with Crippen molar-refractivity contribution in [1.82, 2.24) is 4.98 Å². The number of halogens is 4. The maximum atomic E-state index is 13.0. The lowest BCUT2D eigenvalue weighted by molar-refractivity contribution is -0.137. The first-order valence-electron chi connectivity index (χ1n) is 7.00. The number of hydrogen-bond donors (Lipinski definition) is 2. The van der Waals surface area contributed by atoms with Crippen LogP contribution < -0.4 is 5.32 Å². The van der Waals surface area contributed by atoms with E-state index in [0.29, 0.717) is 0 Å². The fraction of sp³-hybridized carbons (Fsp3) is 0.333. The van der Waals surface area contributed by atoms with Gasteiger partial charge in [-0.05, 0) is 19.1 Å². The minimum Gasteiger partial charge on any atom is -0.462 e. The molecule has 1 aromatic heterocycles. The van der Waals surface area contributed by atoms with E-state index < -0.39 is 22.7 Å². The second-order valence-electron chi connectivity index (χ2n) is 4.76. The molecule has 24 heavy (non-hydrogen) atoms. The van der Waals surface area contributed by atoms with E-state index in [0.717, 1.165) is 18.3 Å². The zero-order valence-corrected chi connectivity index (χ0v) is 13.3. The van der Waals surface area contributed by atoms with Crippen molar-refractivity contribution in [2.45, 2.75) is 13.1 Å². The minimum absolute atomic E-state index is 0.0141. The molecule has 2 aromatic rings. The number of nitrogens with zero attached hydrogens (tertiary/aromatic N) is 1. The number of alkyl halides is 3. The molecule has 0 saturated heterocycles. The second kappa shape index (κ2) is 7.23. The molecule has 0 radical (unpaired) electrons. The highest BCUT2D eigenvalue weighted by molar-refractivity contribution is 6.32. The molecule has 9 heteroatoms. The Morgan fingerprint density at radius 3 is 2.71 bits per heavy atom. The molecule has 5 nitrogen and oxygen atoms in total. The summed E-state index contributed by atoms with van der Waals surface area (Å²) in [6.45, 7) is 1.61. The average Bonchev–Trinajstić information content (AvgIpc) is 2.51. The summed E-state index contributed by atoms with van der Waals surface area (Å²) in [4.78, 5) is 15.9. The average molecular weight is 363 g/mol. The van der Waals surface area contributed by atoms with Gasteiger partial charge in [-0.15, -0.1) is 0 Å². The van der Waals surface area contributed by atoms with Crippen LogP contribution in [0, 0.1) is 0 Å². The summed E-state index contributed by atoms with van der Waals surface area (Å²) in [5.41, 5.74) is -0.738. The van der Waals surface area contributed by atoms with Gasteiger partial charge in [-0.3, -0.25) is 4.98 Å². The lowest BCUT2D eigenvalue weighted by atomic mass is 10.1. The van der Waals surface area contributed by atoms with Crippen LogP contribution in [0.5, 0.6) is 0 Å². The summed E-state index contributed by atoms with van der Waals surface area (Å²) in [7, 11) is 0. The van der Waals surface area contributed by atoms with Crippen molar-refractivity contribution in [3.63, 3.8) is 0 Å². The third kappa shape index (κ3) is 3.70. The molecule has 0 fully saturated rings. The van der Waals surface area contributed by atoms with Crippen LogP contribution in [0.3, 0.4) is 0 Å². The van der Waals surface area contributed by atoms with Gasteiger partial charge < -0.3 is 15.2 Å². The van der Waals surface area contributed by atoms with E-state index in [9.17, 15) is 18.0 Å². The Bertz CT molecular complexity index is 766. The van der Waals surface area contributed by atoms with Crippen molar-refractivity contribution in [3.8, 4) is 0 Å². The van der Waals surface area contributed by atoms with Gasteiger partial charge >= 0.3 is 12.1 Å². The number of esters is 1. The van der Waals surface area contributed by atoms with Crippen LogP contribution in [0.15, 0.2) is 18.3 Å². The summed E-state index contributed by atoms with van der Waals surface area (Å²) in [6, 6.07) is 1.91. The van der Waals surface area contributed by atoms with Crippen molar-refractivity contribution in [1.29, 1.82) is 0 Å². The van der Waals surface area contributed by atoms with Gasteiger partial charge in [0.2, 0.25) is 0 Å². The molecule has 0 saturated carbocycles. The number of ether oxygens (including phenoxy) is 1. The summed E-state index contributed by atoms with van der Waals surface area (Å²) in [6.07, 6.45) is -3.49. The number of aromatic nitrogens is 1. The maximum Gasteiger partial charge on any atom is 0.417 e. The summed E-state index contributed by atoms with van der Waals surface area (Å²) in [5.74, 6) is -0.677. The highest BCUT2D eigenvalue weighted by Gasteiger charge is 2.34. The van der Waals surface area contributed by atoms with Crippen LogP contribution in [0.2, 0.25) is 5.02 Å². The molecule has 0 unspecified atom stereocenters. The first kappa shape index (κ1) is 18.3. The fourth-order valence-electron chi connectivity index (χ4n) is 2.16. The van der Waals surface area contributed by atoms with Crippen LogP contribution in [0.1, 0.15) is 22.8 Å². The molecule has 0 atom stereocenters. The highest BCUT2D eigenvalue weighted by Crippen LogP contribution is 2.38. The zero-order valence-electron chi connectivity index (χ0n) is 12.6. The third-order valence-corrected chi connectivity index (χ3v) is 3.48. The summed E-state index contributed by atoms with van der Waals surface area (Å²) in [5, 5.41) is 11.5. The van der Waals surface area contributed by atoms with Crippen LogP contribution in [0.4, 0.5) is 18.9 Å². The van der Waals surface area contributed by atoms with Crippen LogP contribution in [0.25, 0.3) is 10.9 Å². The lowest BCUT2D eigenvalue weighted by Gasteiger charge is -2.15. The smallest absolute Gasteiger partial charge is 0.417 e. The fourth-order valence-corrected chi connectivity index (χ4v) is 2.44. The number of pyridine rings is 1. The Morgan fingerprint density at radius 1 is 1.42 bits per heavy atom. The zero-order chi connectivity index (χ0) is 17.9. The number of hydrogen-bond acceptors (Lipinski definition) is 5. The lowest BCUT2D eigenvalue weighted by Crippen LogP contribution is -2.14. The van der Waals surface area contributed by atoms with Gasteiger partial charge in [-0.25, -0.2) is 4.79 Å². The predicted molar refractivity (Wildman–Crippen MR) is 83.3 cm³/mol. The molecule has 0 aliphatic heterocycles. The van der Waals surface area contributed by atoms with Gasteiger partial charge in [-0.2, -0.15) is 13.2 Å². The van der Waals surface area contributed by atoms with Gasteiger partial charge in [0.15, 0.2) is 0 Å². The minimum atomic E-state index is -4.62. The van der Waals surface area contributed by atoms with Crippen LogP contribution in [-0.2, 0) is 10.9 Å². The van der Waals surface area contributed by atoms with Crippen molar-refractivity contribution < 1.29 is 27.8 Å². The highest BCUT2D eigenvalue weighted by atomic mass is 35.5. The number of aliphatic hydroxyl groups is 1. The Balaban J connectivity index is 2.68. The van der Waals surface area contributed by atoms with Gasteiger partial charge in [0.05, 0.1) is 35.0 Å². The largest absolute Gasteiger partial charge is 0.462 e. The standard InChI is InChI=1S/C15H14ClF3N2O3/c1-2-24-14(23)9-7-21-12-6-10(15(17,18)19)11(16)5-8(12)13(9)20-3-4-22/h5-7,22H,2-4H2,1H3,(H,20,21). The van der Waals surface area contributed by atoms with Crippen molar-refractivity contribution in [3.05, 3.63) is 34.5 Å². The van der Waals surface area contributed by atoms with E-state index in [4.69, 9.17) is 21.4 Å². The number of nitrogens with one attached hydrogen (secondary N) is 1. The molecule has 0 spiro atoms. The Hall–Kier alpha value is -2.06.